The maximum absolute atomic E-state index is 8.84. The van der Waals surface area contributed by atoms with E-state index in [9.17, 15) is 0 Å². The largest absolute Gasteiger partial charge is 0.237 e. The molecular formula is C10H6N4S2. The third kappa shape index (κ3) is 1.69. The molecule has 2 aromatic rings. The van der Waals surface area contributed by atoms with E-state index in [2.05, 4.69) is 22.1 Å². The smallest absolute Gasteiger partial charge is 0.153 e. The van der Waals surface area contributed by atoms with Crippen molar-refractivity contribution in [2.75, 3.05) is 0 Å². The molecule has 0 radical (unpaired) electrons. The zero-order valence-electron chi connectivity index (χ0n) is 8.61. The normalized spacial score (nSPS) is 9.75. The Morgan fingerprint density at radius 1 is 0.875 bits per heavy atom. The summed E-state index contributed by atoms with van der Waals surface area (Å²) in [6.07, 6.45) is 0. The molecule has 78 valence electrons. The van der Waals surface area contributed by atoms with Gasteiger partial charge in [0.05, 0.1) is 11.4 Å². The van der Waals surface area contributed by atoms with E-state index in [4.69, 9.17) is 10.5 Å². The van der Waals surface area contributed by atoms with Crippen molar-refractivity contribution in [2.24, 2.45) is 0 Å². The quantitative estimate of drug-likeness (QED) is 0.775. The minimum Gasteiger partial charge on any atom is -0.237 e. The molecular weight excluding hydrogens is 240 g/mol. The summed E-state index contributed by atoms with van der Waals surface area (Å²) in [6, 6.07) is 4.18. The van der Waals surface area contributed by atoms with Crippen molar-refractivity contribution in [1.29, 1.82) is 10.5 Å². The number of nitrogens with zero attached hydrogens (tertiary/aromatic N) is 4. The van der Waals surface area contributed by atoms with Crippen LogP contribution in [-0.2, 0) is 0 Å². The third-order valence-electron chi connectivity index (χ3n) is 1.98. The van der Waals surface area contributed by atoms with Crippen LogP contribution in [0.1, 0.15) is 21.1 Å². The fourth-order valence-corrected chi connectivity index (χ4v) is 2.93. The lowest BCUT2D eigenvalue weighted by Gasteiger charge is -1.83. The number of aromatic nitrogens is 2. The first-order valence-corrected chi connectivity index (χ1v) is 6.04. The van der Waals surface area contributed by atoms with Gasteiger partial charge in [-0.05, 0) is 13.8 Å². The van der Waals surface area contributed by atoms with Crippen LogP contribution in [-0.4, -0.2) is 9.97 Å². The first-order chi connectivity index (χ1) is 7.65. The second kappa shape index (κ2) is 4.01. The molecule has 0 saturated carbocycles. The number of nitriles is 2. The Kier molecular flexibility index (Phi) is 2.69. The summed E-state index contributed by atoms with van der Waals surface area (Å²) in [5.74, 6) is 0. The number of rotatable bonds is 1. The molecule has 6 heteroatoms. The molecule has 0 saturated heterocycles. The molecule has 0 aliphatic rings. The van der Waals surface area contributed by atoms with E-state index in [0.717, 1.165) is 0 Å². The van der Waals surface area contributed by atoms with Crippen molar-refractivity contribution in [2.45, 2.75) is 13.8 Å². The van der Waals surface area contributed by atoms with Crippen LogP contribution in [0, 0.1) is 36.5 Å². The van der Waals surface area contributed by atoms with E-state index in [1.165, 1.54) is 22.7 Å². The Morgan fingerprint density at radius 2 is 1.25 bits per heavy atom. The van der Waals surface area contributed by atoms with Gasteiger partial charge in [-0.25, -0.2) is 9.97 Å². The highest BCUT2D eigenvalue weighted by molar-refractivity contribution is 7.22. The lowest BCUT2D eigenvalue weighted by atomic mass is 10.4. The average Bonchev–Trinajstić information content (AvgIpc) is 2.81. The standard InChI is InChI=1S/C10H6N4S2/c1-5-7(3-11)15-9(13-5)10-14-6(2)8(4-12)16-10/h1-2H3. The van der Waals surface area contributed by atoms with Crippen molar-refractivity contribution in [3.63, 3.8) is 0 Å². The van der Waals surface area contributed by atoms with Gasteiger partial charge in [0, 0.05) is 0 Å². The second-order valence-electron chi connectivity index (χ2n) is 3.09. The lowest BCUT2D eigenvalue weighted by molar-refractivity contribution is 1.21. The minimum absolute atomic E-state index is 0.598. The van der Waals surface area contributed by atoms with Gasteiger partial charge >= 0.3 is 0 Å². The van der Waals surface area contributed by atoms with Crippen LogP contribution < -0.4 is 0 Å². The van der Waals surface area contributed by atoms with Crippen LogP contribution in [0.5, 0.6) is 0 Å². The van der Waals surface area contributed by atoms with Crippen LogP contribution in [0.2, 0.25) is 0 Å². The van der Waals surface area contributed by atoms with E-state index in [1.54, 1.807) is 13.8 Å². The number of thiazole rings is 2. The number of hydrogen-bond donors (Lipinski definition) is 0. The fraction of sp³-hybridized carbons (Fsp3) is 0.200. The first kappa shape index (κ1) is 10.7. The molecule has 0 aliphatic carbocycles. The highest BCUT2D eigenvalue weighted by Crippen LogP contribution is 2.31. The van der Waals surface area contributed by atoms with Crippen LogP contribution >= 0.6 is 22.7 Å². The Balaban J connectivity index is 2.52. The van der Waals surface area contributed by atoms with Gasteiger partial charge in [0.1, 0.15) is 21.9 Å². The van der Waals surface area contributed by atoms with Crippen molar-refractivity contribution in [3.8, 4) is 22.2 Å². The van der Waals surface area contributed by atoms with Gasteiger partial charge in [-0.15, -0.1) is 22.7 Å². The van der Waals surface area contributed by atoms with Gasteiger partial charge in [-0.1, -0.05) is 0 Å². The summed E-state index contributed by atoms with van der Waals surface area (Å²) in [5.41, 5.74) is 1.43. The van der Waals surface area contributed by atoms with Crippen molar-refractivity contribution in [3.05, 3.63) is 21.1 Å². The summed E-state index contributed by atoms with van der Waals surface area (Å²) in [7, 11) is 0. The topological polar surface area (TPSA) is 73.4 Å². The molecule has 4 nitrogen and oxygen atoms in total. The third-order valence-corrected chi connectivity index (χ3v) is 4.25. The van der Waals surface area contributed by atoms with Gasteiger partial charge in [-0.2, -0.15) is 10.5 Å². The van der Waals surface area contributed by atoms with E-state index in [0.29, 0.717) is 31.2 Å². The lowest BCUT2D eigenvalue weighted by Crippen LogP contribution is -1.77. The van der Waals surface area contributed by atoms with Crippen molar-refractivity contribution in [1.82, 2.24) is 9.97 Å². The predicted octanol–water partition coefficient (Wildman–Crippen LogP) is 2.63. The molecule has 0 atom stereocenters. The summed E-state index contributed by atoms with van der Waals surface area (Å²) < 4.78 is 0. The van der Waals surface area contributed by atoms with Crippen LogP contribution in [0.4, 0.5) is 0 Å². The van der Waals surface area contributed by atoms with Gasteiger partial charge in [0.2, 0.25) is 0 Å². The molecule has 0 fully saturated rings. The van der Waals surface area contributed by atoms with E-state index in [1.807, 2.05) is 0 Å². The van der Waals surface area contributed by atoms with Crippen LogP contribution in [0.25, 0.3) is 10.0 Å². The molecule has 0 unspecified atom stereocenters. The van der Waals surface area contributed by atoms with Gasteiger partial charge in [0.15, 0.2) is 10.0 Å². The highest BCUT2D eigenvalue weighted by Gasteiger charge is 2.14. The second-order valence-corrected chi connectivity index (χ2v) is 5.09. The Bertz CT molecular complexity index is 568. The monoisotopic (exact) mass is 246 g/mol. The summed E-state index contributed by atoms with van der Waals surface area (Å²) >= 11 is 2.62. The van der Waals surface area contributed by atoms with E-state index in [-0.39, 0.29) is 0 Å². The minimum atomic E-state index is 0.598. The Morgan fingerprint density at radius 3 is 1.50 bits per heavy atom. The van der Waals surface area contributed by atoms with Crippen molar-refractivity contribution >= 4 is 22.7 Å². The molecule has 0 bridgehead atoms. The summed E-state index contributed by atoms with van der Waals surface area (Å²) in [5, 5.41) is 19.1. The first-order valence-electron chi connectivity index (χ1n) is 4.41. The molecule has 16 heavy (non-hydrogen) atoms. The zero-order chi connectivity index (χ0) is 11.7. The maximum Gasteiger partial charge on any atom is 0.153 e. The molecule has 0 aliphatic heterocycles. The molecule has 2 heterocycles. The van der Waals surface area contributed by atoms with Gasteiger partial charge in [-0.3, -0.25) is 0 Å². The predicted molar refractivity (Wildman–Crippen MR) is 62.1 cm³/mol. The summed E-state index contributed by atoms with van der Waals surface area (Å²) in [4.78, 5) is 9.75. The molecule has 0 aromatic carbocycles. The highest BCUT2D eigenvalue weighted by atomic mass is 32.1. The Labute approximate surface area is 100 Å². The van der Waals surface area contributed by atoms with E-state index >= 15 is 0 Å². The maximum atomic E-state index is 8.84. The molecule has 2 aromatic heterocycles. The van der Waals surface area contributed by atoms with Crippen LogP contribution in [0.3, 0.4) is 0 Å². The molecule has 0 N–H and O–H groups in total. The van der Waals surface area contributed by atoms with Gasteiger partial charge < -0.3 is 0 Å². The van der Waals surface area contributed by atoms with Crippen LogP contribution in [0.15, 0.2) is 0 Å². The Hall–Kier alpha value is -1.76. The fourth-order valence-electron chi connectivity index (χ4n) is 1.18. The SMILES string of the molecule is Cc1nc(-c2nc(C)c(C#N)s2)sc1C#N. The average molecular weight is 246 g/mol. The molecule has 2 rings (SSSR count). The number of aryl methyl sites for hydroxylation is 2. The molecule has 0 spiro atoms. The number of hydrogen-bond acceptors (Lipinski definition) is 6. The van der Waals surface area contributed by atoms with Gasteiger partial charge in [0.25, 0.3) is 0 Å². The molecule has 0 amide bonds. The zero-order valence-corrected chi connectivity index (χ0v) is 10.2. The van der Waals surface area contributed by atoms with E-state index < -0.39 is 0 Å². The van der Waals surface area contributed by atoms with Crippen molar-refractivity contribution < 1.29 is 0 Å². The summed E-state index contributed by atoms with van der Waals surface area (Å²) in [6.45, 7) is 3.59.